The number of carbonyl (C=O) groups excluding carboxylic acids is 2. The van der Waals surface area contributed by atoms with E-state index in [4.69, 9.17) is 5.73 Å². The number of rotatable bonds is 4. The third-order valence-electron chi connectivity index (χ3n) is 7.52. The van der Waals surface area contributed by atoms with Crippen molar-refractivity contribution in [2.45, 2.75) is 64.3 Å². The molecule has 1 saturated heterocycles. The number of aromatic nitrogens is 2. The van der Waals surface area contributed by atoms with Gasteiger partial charge >= 0.3 is 0 Å². The van der Waals surface area contributed by atoms with Gasteiger partial charge in [0.15, 0.2) is 5.51 Å². The summed E-state index contributed by atoms with van der Waals surface area (Å²) in [6.45, 7) is 8.48. The van der Waals surface area contributed by atoms with Crippen molar-refractivity contribution >= 4 is 34.1 Å². The highest BCUT2D eigenvalue weighted by atomic mass is 32.1. The van der Waals surface area contributed by atoms with E-state index < -0.39 is 5.91 Å². The first-order valence-electron chi connectivity index (χ1n) is 12.5. The maximum absolute atomic E-state index is 13.1. The molecule has 4 N–H and O–H groups in total. The number of H-pyrrole nitrogens is 1. The summed E-state index contributed by atoms with van der Waals surface area (Å²) in [4.78, 5) is 36.9. The van der Waals surface area contributed by atoms with E-state index in [1.54, 1.807) is 6.07 Å². The molecular weight excluding hydrogens is 458 g/mol. The predicted molar refractivity (Wildman–Crippen MR) is 140 cm³/mol. The van der Waals surface area contributed by atoms with Crippen LogP contribution >= 0.6 is 11.3 Å². The van der Waals surface area contributed by atoms with Crippen molar-refractivity contribution in [1.29, 1.82) is 0 Å². The Labute approximate surface area is 210 Å². The van der Waals surface area contributed by atoms with Gasteiger partial charge in [0, 0.05) is 34.0 Å². The number of thiazole rings is 1. The first-order chi connectivity index (χ1) is 16.6. The first-order valence-corrected chi connectivity index (χ1v) is 13.3. The molecule has 1 unspecified atom stereocenters. The van der Waals surface area contributed by atoms with Gasteiger partial charge in [-0.15, -0.1) is 11.3 Å². The number of likely N-dealkylation sites (tertiary alicyclic amines) is 1. The second-order valence-corrected chi connectivity index (χ2v) is 11.9. The number of hydrogen-bond acceptors (Lipinski definition) is 5. The van der Waals surface area contributed by atoms with Gasteiger partial charge in [-0.2, -0.15) is 0 Å². The van der Waals surface area contributed by atoms with Crippen LogP contribution in [0.2, 0.25) is 0 Å². The van der Waals surface area contributed by atoms with Crippen LogP contribution in [0.5, 0.6) is 0 Å². The third-order valence-corrected chi connectivity index (χ3v) is 8.32. The molecule has 35 heavy (non-hydrogen) atoms. The fraction of sp³-hybridized carbons (Fsp3) is 0.519. The maximum atomic E-state index is 13.1. The minimum Gasteiger partial charge on any atom is -0.366 e. The van der Waals surface area contributed by atoms with Crippen LogP contribution in [0.15, 0.2) is 12.1 Å². The molecule has 0 saturated carbocycles. The molecule has 3 heterocycles. The van der Waals surface area contributed by atoms with E-state index >= 15 is 0 Å². The zero-order valence-electron chi connectivity index (χ0n) is 21.0. The molecule has 2 aromatic heterocycles. The van der Waals surface area contributed by atoms with Gasteiger partial charge in [0.1, 0.15) is 0 Å². The van der Waals surface area contributed by atoms with Crippen LogP contribution < -0.4 is 11.1 Å². The molecular formula is C27H34N5O2S. The summed E-state index contributed by atoms with van der Waals surface area (Å²) in [6.07, 6.45) is 4.21. The van der Waals surface area contributed by atoms with Crippen molar-refractivity contribution < 1.29 is 9.59 Å². The number of nitrogens with zero attached hydrogens (tertiary/aromatic N) is 2. The lowest BCUT2D eigenvalue weighted by molar-refractivity contribution is -0.126. The van der Waals surface area contributed by atoms with Gasteiger partial charge in [0.2, 0.25) is 5.91 Å². The van der Waals surface area contributed by atoms with E-state index in [1.807, 2.05) is 6.07 Å². The zero-order chi connectivity index (χ0) is 24.9. The number of benzene rings is 1. The van der Waals surface area contributed by atoms with Gasteiger partial charge in [-0.25, -0.2) is 4.98 Å². The van der Waals surface area contributed by atoms with E-state index in [0.717, 1.165) is 71.5 Å². The normalized spacial score (nSPS) is 19.6. The fourth-order valence-corrected chi connectivity index (χ4v) is 6.49. The summed E-state index contributed by atoms with van der Waals surface area (Å²) < 4.78 is 0. The summed E-state index contributed by atoms with van der Waals surface area (Å²) in [7, 11) is 2.12. The van der Waals surface area contributed by atoms with Gasteiger partial charge in [-0.1, -0.05) is 26.8 Å². The summed E-state index contributed by atoms with van der Waals surface area (Å²) in [5.74, 6) is -0.382. The number of carbonyl (C=O) groups is 2. The SMILES string of the molecule is CN1CCC(NC(=O)C2CCc3c([nH]c4c(C(N)=O)ccc(-c5s[c]nc5C(C)(C)C)c34)C2)CC1. The van der Waals surface area contributed by atoms with E-state index in [-0.39, 0.29) is 23.3 Å². The molecule has 5 rings (SSSR count). The van der Waals surface area contributed by atoms with Gasteiger partial charge in [0.05, 0.1) is 21.7 Å². The Morgan fingerprint density at radius 1 is 1.23 bits per heavy atom. The Kier molecular flexibility index (Phi) is 6.21. The number of nitrogens with two attached hydrogens (primary N) is 1. The molecule has 2 amide bonds. The Balaban J connectivity index is 1.50. The fourth-order valence-electron chi connectivity index (χ4n) is 5.53. The molecule has 1 radical (unpaired) electrons. The molecule has 0 bridgehead atoms. The number of primary amides is 1. The monoisotopic (exact) mass is 492 g/mol. The number of amides is 2. The number of fused-ring (bicyclic) bond motifs is 3. The zero-order valence-corrected chi connectivity index (χ0v) is 21.8. The lowest BCUT2D eigenvalue weighted by Crippen LogP contribution is -2.46. The van der Waals surface area contributed by atoms with Crippen LogP contribution in [0.25, 0.3) is 21.3 Å². The first kappa shape index (κ1) is 24.0. The number of aromatic amines is 1. The largest absolute Gasteiger partial charge is 0.366 e. The molecule has 1 aliphatic carbocycles. The number of nitrogens with one attached hydrogen (secondary N) is 2. The molecule has 1 aromatic carbocycles. The minimum absolute atomic E-state index is 0.0717. The summed E-state index contributed by atoms with van der Waals surface area (Å²) in [5.41, 5.74) is 14.2. The number of hydrogen-bond donors (Lipinski definition) is 3. The van der Waals surface area contributed by atoms with Gasteiger partial charge in [-0.05, 0) is 63.9 Å². The lowest BCUT2D eigenvalue weighted by Gasteiger charge is -2.31. The molecule has 185 valence electrons. The quantitative estimate of drug-likeness (QED) is 0.515. The maximum Gasteiger partial charge on any atom is 0.250 e. The second-order valence-electron chi connectivity index (χ2n) is 11.1. The summed E-state index contributed by atoms with van der Waals surface area (Å²) >= 11 is 1.50. The summed E-state index contributed by atoms with van der Waals surface area (Å²) in [6, 6.07) is 4.05. The van der Waals surface area contributed by atoms with E-state index in [2.05, 4.69) is 53.5 Å². The van der Waals surface area contributed by atoms with Crippen molar-refractivity contribution in [3.63, 3.8) is 0 Å². The lowest BCUT2D eigenvalue weighted by atomic mass is 9.84. The minimum atomic E-state index is -0.455. The molecule has 8 heteroatoms. The molecule has 1 fully saturated rings. The van der Waals surface area contributed by atoms with E-state index in [9.17, 15) is 9.59 Å². The van der Waals surface area contributed by atoms with Crippen molar-refractivity contribution in [2.75, 3.05) is 20.1 Å². The van der Waals surface area contributed by atoms with Crippen LogP contribution in [0, 0.1) is 11.4 Å². The standard InChI is InChI=1S/C27H34N5O2S/c1-27(2,3)24-23(35-14-29-24)18-7-8-19(25(28)33)22-21(18)17-6-5-15(13-20(17)31-22)26(34)30-16-9-11-32(4)12-10-16/h7-8,15-16,31H,5-6,9-13H2,1-4H3,(H2,28,33)(H,30,34). The predicted octanol–water partition coefficient (Wildman–Crippen LogP) is 3.80. The topological polar surface area (TPSA) is 104 Å². The van der Waals surface area contributed by atoms with Gasteiger partial charge < -0.3 is 20.9 Å². The van der Waals surface area contributed by atoms with Crippen molar-refractivity contribution in [3.8, 4) is 10.4 Å². The highest BCUT2D eigenvalue weighted by Crippen LogP contribution is 2.43. The Morgan fingerprint density at radius 3 is 2.66 bits per heavy atom. The van der Waals surface area contributed by atoms with Gasteiger partial charge in [-0.3, -0.25) is 9.59 Å². The highest BCUT2D eigenvalue weighted by molar-refractivity contribution is 7.13. The molecule has 7 nitrogen and oxygen atoms in total. The van der Waals surface area contributed by atoms with Gasteiger partial charge in [0.25, 0.3) is 5.91 Å². The number of aryl methyl sites for hydroxylation is 1. The van der Waals surface area contributed by atoms with E-state index in [1.165, 1.54) is 16.9 Å². The van der Waals surface area contributed by atoms with Crippen LogP contribution in [-0.4, -0.2) is 52.9 Å². The Hall–Kier alpha value is -2.71. The third kappa shape index (κ3) is 4.49. The molecule has 0 spiro atoms. The van der Waals surface area contributed by atoms with Crippen molar-refractivity contribution in [3.05, 3.63) is 40.2 Å². The average molecular weight is 493 g/mol. The smallest absolute Gasteiger partial charge is 0.250 e. The molecule has 3 aromatic rings. The Morgan fingerprint density at radius 2 is 1.97 bits per heavy atom. The molecule has 1 aliphatic heterocycles. The molecule has 1 atom stereocenters. The average Bonchev–Trinajstić information content (AvgIpc) is 3.44. The van der Waals surface area contributed by atoms with Crippen LogP contribution in [0.1, 0.15) is 67.3 Å². The van der Waals surface area contributed by atoms with Crippen LogP contribution in [0.3, 0.4) is 0 Å². The van der Waals surface area contributed by atoms with Crippen molar-refractivity contribution in [1.82, 2.24) is 20.2 Å². The van der Waals surface area contributed by atoms with Crippen LogP contribution in [0.4, 0.5) is 0 Å². The highest BCUT2D eigenvalue weighted by Gasteiger charge is 2.32. The molecule has 2 aliphatic rings. The van der Waals surface area contributed by atoms with Crippen LogP contribution in [-0.2, 0) is 23.1 Å². The van der Waals surface area contributed by atoms with E-state index in [0.29, 0.717) is 12.0 Å². The summed E-state index contributed by atoms with van der Waals surface area (Å²) in [5, 5.41) is 4.33. The Bertz CT molecular complexity index is 1280. The second kappa shape index (κ2) is 9.06. The van der Waals surface area contributed by atoms with Crippen molar-refractivity contribution in [2.24, 2.45) is 11.7 Å². The number of piperidine rings is 1.